The van der Waals surface area contributed by atoms with Crippen molar-refractivity contribution in [2.75, 3.05) is 26.2 Å². The smallest absolute Gasteiger partial charge is 0.258 e. The fraction of sp³-hybridized carbons (Fsp3) is 0.333. The number of halogens is 1. The minimum atomic E-state index is -4.11. The highest BCUT2D eigenvalue weighted by atomic mass is 32.2. The number of hydrogen-bond donors (Lipinski definition) is 0. The van der Waals surface area contributed by atoms with Gasteiger partial charge < -0.3 is 0 Å². The number of nitrogens with zero attached hydrogens (tertiary/aromatic N) is 3. The second kappa shape index (κ2) is 8.02. The van der Waals surface area contributed by atoms with Gasteiger partial charge in [0.15, 0.2) is 0 Å². The third-order valence-corrected chi connectivity index (χ3v) is 9.04. The van der Waals surface area contributed by atoms with Crippen LogP contribution in [0.5, 0.6) is 0 Å². The Morgan fingerprint density at radius 2 is 1.40 bits per heavy atom. The number of aryl methyl sites for hydroxylation is 1. The zero-order valence-electron chi connectivity index (χ0n) is 16.3. The molecule has 0 aromatic heterocycles. The van der Waals surface area contributed by atoms with Crippen LogP contribution in [0.4, 0.5) is 10.1 Å². The van der Waals surface area contributed by atoms with Crippen molar-refractivity contribution in [2.45, 2.75) is 23.6 Å². The second-order valence-electron chi connectivity index (χ2n) is 6.88. The molecule has 0 bridgehead atoms. The van der Waals surface area contributed by atoms with Gasteiger partial charge in [-0.2, -0.15) is 8.61 Å². The van der Waals surface area contributed by atoms with Crippen molar-refractivity contribution in [1.82, 2.24) is 8.61 Å². The largest absolute Gasteiger partial charge is 0.271 e. The van der Waals surface area contributed by atoms with Gasteiger partial charge in [0.25, 0.3) is 5.69 Å². The van der Waals surface area contributed by atoms with Gasteiger partial charge in [0.05, 0.1) is 9.82 Å². The Balaban J connectivity index is 1.86. The van der Waals surface area contributed by atoms with Crippen molar-refractivity contribution in [3.05, 3.63) is 63.5 Å². The van der Waals surface area contributed by atoms with E-state index >= 15 is 0 Å². The van der Waals surface area contributed by atoms with Crippen molar-refractivity contribution in [3.8, 4) is 0 Å². The van der Waals surface area contributed by atoms with Crippen LogP contribution in [0.2, 0.25) is 0 Å². The maximum atomic E-state index is 13.9. The van der Waals surface area contributed by atoms with Crippen molar-refractivity contribution < 1.29 is 26.1 Å². The predicted molar refractivity (Wildman–Crippen MR) is 106 cm³/mol. The summed E-state index contributed by atoms with van der Waals surface area (Å²) in [5, 5.41) is 11.1. The fourth-order valence-electron chi connectivity index (χ4n) is 3.26. The number of piperazine rings is 1. The lowest BCUT2D eigenvalue weighted by Gasteiger charge is -2.33. The van der Waals surface area contributed by atoms with E-state index in [-0.39, 0.29) is 36.8 Å². The van der Waals surface area contributed by atoms with Crippen LogP contribution in [0.3, 0.4) is 0 Å². The standard InChI is InChI=1S/C18H20FN3O6S2/c1-13-11-15(22(23)24)12-18(14(13)2)30(27,28)21-9-7-20(8-10-21)29(25,26)17-6-4-3-5-16(17)19/h3-6,11-12H,7-10H2,1-2H3. The molecular weight excluding hydrogens is 437 g/mol. The average Bonchev–Trinajstić information content (AvgIpc) is 2.69. The van der Waals surface area contributed by atoms with E-state index in [1.54, 1.807) is 13.8 Å². The van der Waals surface area contributed by atoms with Crippen molar-refractivity contribution in [2.24, 2.45) is 0 Å². The first-order valence-electron chi connectivity index (χ1n) is 8.96. The third kappa shape index (κ3) is 3.95. The molecule has 30 heavy (non-hydrogen) atoms. The van der Waals surface area contributed by atoms with Gasteiger partial charge in [0, 0.05) is 38.3 Å². The predicted octanol–water partition coefficient (Wildman–Crippen LogP) is 2.05. The molecule has 1 aliphatic rings. The Labute approximate surface area is 174 Å². The number of sulfonamides is 2. The first-order chi connectivity index (χ1) is 14.0. The lowest BCUT2D eigenvalue weighted by atomic mass is 10.1. The molecule has 1 heterocycles. The summed E-state index contributed by atoms with van der Waals surface area (Å²) in [6.07, 6.45) is 0. The van der Waals surface area contributed by atoms with Crippen LogP contribution in [0.25, 0.3) is 0 Å². The number of nitro groups is 1. The third-order valence-electron chi connectivity index (χ3n) is 5.09. The normalized spacial score (nSPS) is 16.5. The molecule has 0 radical (unpaired) electrons. The Morgan fingerprint density at radius 1 is 0.900 bits per heavy atom. The lowest BCUT2D eigenvalue weighted by Crippen LogP contribution is -2.50. The molecule has 0 aliphatic carbocycles. The Bertz CT molecular complexity index is 1210. The van der Waals surface area contributed by atoms with Crippen LogP contribution >= 0.6 is 0 Å². The average molecular weight is 458 g/mol. The van der Waals surface area contributed by atoms with Crippen LogP contribution in [-0.2, 0) is 20.0 Å². The molecule has 2 aromatic rings. The summed E-state index contributed by atoms with van der Waals surface area (Å²) >= 11 is 0. The van der Waals surface area contributed by atoms with E-state index in [4.69, 9.17) is 0 Å². The summed E-state index contributed by atoms with van der Waals surface area (Å²) in [5.74, 6) is -0.879. The number of non-ortho nitro benzene ring substituents is 1. The fourth-order valence-corrected chi connectivity index (χ4v) is 6.49. The molecule has 3 rings (SSSR count). The highest BCUT2D eigenvalue weighted by molar-refractivity contribution is 7.89. The molecule has 0 amide bonds. The lowest BCUT2D eigenvalue weighted by molar-refractivity contribution is -0.385. The van der Waals surface area contributed by atoms with Crippen LogP contribution in [0.1, 0.15) is 11.1 Å². The van der Waals surface area contributed by atoms with Crippen molar-refractivity contribution >= 4 is 25.7 Å². The summed E-state index contributed by atoms with van der Waals surface area (Å²) in [5.41, 5.74) is 0.517. The van der Waals surface area contributed by atoms with Gasteiger partial charge in [0.1, 0.15) is 10.7 Å². The van der Waals surface area contributed by atoms with Crippen LogP contribution in [-0.4, -0.2) is 56.5 Å². The number of rotatable bonds is 5. The van der Waals surface area contributed by atoms with Gasteiger partial charge in [-0.15, -0.1) is 0 Å². The molecule has 162 valence electrons. The minimum absolute atomic E-state index is 0.156. The number of nitro benzene ring substituents is 1. The number of benzene rings is 2. The van der Waals surface area contributed by atoms with E-state index in [2.05, 4.69) is 0 Å². The van der Waals surface area contributed by atoms with Gasteiger partial charge in [-0.3, -0.25) is 10.1 Å². The van der Waals surface area contributed by atoms with E-state index in [9.17, 15) is 31.3 Å². The van der Waals surface area contributed by atoms with E-state index in [1.165, 1.54) is 18.2 Å². The van der Waals surface area contributed by atoms with Gasteiger partial charge in [0.2, 0.25) is 20.0 Å². The van der Waals surface area contributed by atoms with E-state index in [0.717, 1.165) is 26.8 Å². The maximum absolute atomic E-state index is 13.9. The zero-order valence-corrected chi connectivity index (χ0v) is 17.9. The molecule has 0 N–H and O–H groups in total. The van der Waals surface area contributed by atoms with Crippen molar-refractivity contribution in [1.29, 1.82) is 0 Å². The Hall–Kier alpha value is -2.41. The van der Waals surface area contributed by atoms with E-state index < -0.39 is 35.7 Å². The van der Waals surface area contributed by atoms with Crippen LogP contribution in [0, 0.1) is 29.8 Å². The minimum Gasteiger partial charge on any atom is -0.258 e. The summed E-state index contributed by atoms with van der Waals surface area (Å²) in [4.78, 5) is 9.82. The zero-order chi connectivity index (χ0) is 22.3. The summed E-state index contributed by atoms with van der Waals surface area (Å²) < 4.78 is 67.6. The van der Waals surface area contributed by atoms with Crippen molar-refractivity contribution in [3.63, 3.8) is 0 Å². The molecule has 2 aromatic carbocycles. The molecular formula is C18H20FN3O6S2. The molecule has 0 atom stereocenters. The first kappa shape index (κ1) is 22.3. The molecule has 1 saturated heterocycles. The molecule has 0 unspecified atom stereocenters. The molecule has 9 nitrogen and oxygen atoms in total. The van der Waals surface area contributed by atoms with E-state index in [1.807, 2.05) is 0 Å². The maximum Gasteiger partial charge on any atom is 0.271 e. The summed E-state index contributed by atoms with van der Waals surface area (Å²) in [7, 11) is -8.19. The first-order valence-corrected chi connectivity index (χ1v) is 11.8. The second-order valence-corrected chi connectivity index (χ2v) is 10.7. The highest BCUT2D eigenvalue weighted by Gasteiger charge is 2.36. The van der Waals surface area contributed by atoms with Gasteiger partial charge in [-0.05, 0) is 37.1 Å². The molecule has 1 aliphatic heterocycles. The Kier molecular flexibility index (Phi) is 5.96. The SMILES string of the molecule is Cc1cc([N+](=O)[O-])cc(S(=O)(=O)N2CCN(S(=O)(=O)c3ccccc3F)CC2)c1C. The quantitative estimate of drug-likeness (QED) is 0.501. The van der Waals surface area contributed by atoms with E-state index in [0.29, 0.717) is 11.1 Å². The topological polar surface area (TPSA) is 118 Å². The van der Waals surface area contributed by atoms with Crippen LogP contribution in [0.15, 0.2) is 46.2 Å². The number of hydrogen-bond acceptors (Lipinski definition) is 6. The molecule has 1 fully saturated rings. The molecule has 0 spiro atoms. The summed E-state index contributed by atoms with van der Waals surface area (Å²) in [6.45, 7) is 2.51. The highest BCUT2D eigenvalue weighted by Crippen LogP contribution is 2.29. The summed E-state index contributed by atoms with van der Waals surface area (Å²) in [6, 6.07) is 7.30. The van der Waals surface area contributed by atoms with Gasteiger partial charge in [-0.1, -0.05) is 12.1 Å². The molecule has 0 saturated carbocycles. The van der Waals surface area contributed by atoms with Crippen LogP contribution < -0.4 is 0 Å². The van der Waals surface area contributed by atoms with Gasteiger partial charge >= 0.3 is 0 Å². The van der Waals surface area contributed by atoms with Gasteiger partial charge in [-0.25, -0.2) is 21.2 Å². The Morgan fingerprint density at radius 3 is 1.90 bits per heavy atom. The molecule has 12 heteroatoms. The monoisotopic (exact) mass is 457 g/mol.